The Bertz CT molecular complexity index is 1250. The van der Waals surface area contributed by atoms with Crippen molar-refractivity contribution in [1.82, 2.24) is 19.7 Å². The standard InChI is InChI=1S/C20H22N6O6/c1-2-13-18(26(30)31)17(23-22-13)19(28)21-12-6-7-15-14(10-12)25(20(29)32-15)11-16(27)24-8-4-3-5-9-24/h6-7,10H,2-5,8-9,11H2,1H3,(H,21,28)(H,22,23). The van der Waals surface area contributed by atoms with E-state index in [9.17, 15) is 24.5 Å². The maximum Gasteiger partial charge on any atom is 0.420 e. The Morgan fingerprint density at radius 1 is 1.28 bits per heavy atom. The lowest BCUT2D eigenvalue weighted by molar-refractivity contribution is -0.385. The maximum absolute atomic E-state index is 12.6. The summed E-state index contributed by atoms with van der Waals surface area (Å²) in [6.45, 7) is 2.85. The highest BCUT2D eigenvalue weighted by atomic mass is 16.6. The van der Waals surface area contributed by atoms with E-state index in [0.717, 1.165) is 19.3 Å². The highest BCUT2D eigenvalue weighted by molar-refractivity contribution is 6.06. The van der Waals surface area contributed by atoms with E-state index in [4.69, 9.17) is 4.42 Å². The quantitative estimate of drug-likeness (QED) is 0.437. The second-order valence-corrected chi connectivity index (χ2v) is 7.54. The van der Waals surface area contributed by atoms with Crippen molar-refractivity contribution in [3.05, 3.63) is 50.3 Å². The van der Waals surface area contributed by atoms with Gasteiger partial charge in [-0.15, -0.1) is 0 Å². The number of rotatable bonds is 6. The molecule has 3 heterocycles. The third-order valence-corrected chi connectivity index (χ3v) is 5.49. The van der Waals surface area contributed by atoms with Crippen molar-refractivity contribution in [2.45, 2.75) is 39.2 Å². The molecular formula is C20H22N6O6. The number of nitrogens with one attached hydrogen (secondary N) is 2. The van der Waals surface area contributed by atoms with Gasteiger partial charge in [-0.05, 0) is 43.9 Å². The SMILES string of the molecule is CCc1[nH]nc(C(=O)Nc2ccc3oc(=O)n(CC(=O)N4CCCCC4)c3c2)c1[N+](=O)[O-]. The minimum Gasteiger partial charge on any atom is -0.408 e. The number of hydrogen-bond acceptors (Lipinski definition) is 7. The van der Waals surface area contributed by atoms with Crippen LogP contribution in [-0.4, -0.2) is 49.5 Å². The number of carbonyl (C=O) groups excluding carboxylic acids is 2. The van der Waals surface area contributed by atoms with Crippen LogP contribution in [0, 0.1) is 10.1 Å². The summed E-state index contributed by atoms with van der Waals surface area (Å²) >= 11 is 0. The summed E-state index contributed by atoms with van der Waals surface area (Å²) in [4.78, 5) is 50.0. The van der Waals surface area contributed by atoms with E-state index in [1.165, 1.54) is 22.8 Å². The predicted molar refractivity (Wildman–Crippen MR) is 113 cm³/mol. The number of likely N-dealkylation sites (tertiary alicyclic amines) is 1. The number of amides is 2. The molecule has 168 valence electrons. The van der Waals surface area contributed by atoms with Crippen molar-refractivity contribution in [3.63, 3.8) is 0 Å². The third kappa shape index (κ3) is 3.98. The van der Waals surface area contributed by atoms with Crippen molar-refractivity contribution in [1.29, 1.82) is 0 Å². The summed E-state index contributed by atoms with van der Waals surface area (Å²) in [5.74, 6) is -1.62. The van der Waals surface area contributed by atoms with Crippen LogP contribution < -0.4 is 11.1 Å². The van der Waals surface area contributed by atoms with Gasteiger partial charge in [0, 0.05) is 18.8 Å². The number of nitro groups is 1. The summed E-state index contributed by atoms with van der Waals surface area (Å²) in [5, 5.41) is 20.2. The largest absolute Gasteiger partial charge is 0.420 e. The number of piperidine rings is 1. The molecule has 12 heteroatoms. The Hall–Kier alpha value is -3.96. The number of carbonyl (C=O) groups is 2. The van der Waals surface area contributed by atoms with Crippen molar-refractivity contribution < 1.29 is 18.9 Å². The molecule has 1 fully saturated rings. The molecule has 4 rings (SSSR count). The molecule has 32 heavy (non-hydrogen) atoms. The Kier molecular flexibility index (Phi) is 5.75. The Morgan fingerprint density at radius 3 is 2.72 bits per heavy atom. The molecule has 0 unspecified atom stereocenters. The first-order chi connectivity index (χ1) is 15.4. The van der Waals surface area contributed by atoms with Crippen molar-refractivity contribution >= 4 is 34.3 Å². The van der Waals surface area contributed by atoms with Gasteiger partial charge in [-0.3, -0.25) is 29.4 Å². The van der Waals surface area contributed by atoms with Gasteiger partial charge in [0.1, 0.15) is 12.2 Å². The number of anilines is 1. The monoisotopic (exact) mass is 442 g/mol. The molecule has 3 aromatic rings. The summed E-state index contributed by atoms with van der Waals surface area (Å²) in [7, 11) is 0. The van der Waals surface area contributed by atoms with Crippen molar-refractivity contribution in [2.24, 2.45) is 0 Å². The Balaban J connectivity index is 1.60. The van der Waals surface area contributed by atoms with Crippen LogP contribution >= 0.6 is 0 Å². The molecule has 0 spiro atoms. The molecule has 0 atom stereocenters. The van der Waals surface area contributed by atoms with Crippen molar-refractivity contribution in [3.8, 4) is 0 Å². The fraction of sp³-hybridized carbons (Fsp3) is 0.400. The van der Waals surface area contributed by atoms with Gasteiger partial charge in [0.05, 0.1) is 10.4 Å². The van der Waals surface area contributed by atoms with Gasteiger partial charge in [-0.2, -0.15) is 5.10 Å². The first-order valence-electron chi connectivity index (χ1n) is 10.3. The van der Waals surface area contributed by atoms with Gasteiger partial charge < -0.3 is 14.6 Å². The van der Waals surface area contributed by atoms with E-state index in [1.807, 2.05) is 0 Å². The minimum atomic E-state index is -0.770. The maximum atomic E-state index is 12.6. The van der Waals surface area contributed by atoms with E-state index in [-0.39, 0.29) is 40.8 Å². The second kappa shape index (κ2) is 8.65. The summed E-state index contributed by atoms with van der Waals surface area (Å²) in [5.41, 5.74) is 0.408. The molecule has 12 nitrogen and oxygen atoms in total. The average molecular weight is 442 g/mol. The molecule has 0 bridgehead atoms. The summed E-state index contributed by atoms with van der Waals surface area (Å²) in [6, 6.07) is 4.48. The van der Waals surface area contributed by atoms with Crippen LogP contribution in [0.4, 0.5) is 11.4 Å². The smallest absolute Gasteiger partial charge is 0.408 e. The minimum absolute atomic E-state index is 0.173. The molecule has 1 aromatic carbocycles. The zero-order valence-corrected chi connectivity index (χ0v) is 17.4. The lowest BCUT2D eigenvalue weighted by atomic mass is 10.1. The lowest BCUT2D eigenvalue weighted by Gasteiger charge is -2.26. The highest BCUT2D eigenvalue weighted by Crippen LogP contribution is 2.24. The lowest BCUT2D eigenvalue weighted by Crippen LogP contribution is -2.39. The molecule has 1 saturated heterocycles. The van der Waals surface area contributed by atoms with Gasteiger partial charge in [-0.1, -0.05) is 6.92 Å². The Morgan fingerprint density at radius 2 is 2.03 bits per heavy atom. The number of aromatic nitrogens is 3. The zero-order chi connectivity index (χ0) is 22.8. The van der Waals surface area contributed by atoms with Gasteiger partial charge in [0.15, 0.2) is 5.58 Å². The molecule has 1 aliphatic rings. The second-order valence-electron chi connectivity index (χ2n) is 7.54. The number of aryl methyl sites for hydroxylation is 1. The molecule has 1 aliphatic heterocycles. The van der Waals surface area contributed by atoms with Crippen LogP contribution in [0.3, 0.4) is 0 Å². The van der Waals surface area contributed by atoms with E-state index >= 15 is 0 Å². The van der Waals surface area contributed by atoms with Crippen LogP contribution in [0.2, 0.25) is 0 Å². The summed E-state index contributed by atoms with van der Waals surface area (Å²) < 4.78 is 6.43. The fourth-order valence-electron chi connectivity index (χ4n) is 3.83. The molecule has 0 saturated carbocycles. The van der Waals surface area contributed by atoms with Crippen LogP contribution in [-0.2, 0) is 17.8 Å². The number of H-pyrrole nitrogens is 1. The average Bonchev–Trinajstić information content (AvgIpc) is 3.35. The first kappa shape index (κ1) is 21.3. The van der Waals surface area contributed by atoms with Crippen molar-refractivity contribution in [2.75, 3.05) is 18.4 Å². The van der Waals surface area contributed by atoms with E-state index < -0.39 is 16.6 Å². The number of oxazole rings is 1. The van der Waals surface area contributed by atoms with Crippen LogP contribution in [0.15, 0.2) is 27.4 Å². The first-order valence-corrected chi connectivity index (χ1v) is 10.3. The van der Waals surface area contributed by atoms with Crippen LogP contribution in [0.25, 0.3) is 11.1 Å². The molecule has 0 radical (unpaired) electrons. The number of benzene rings is 1. The normalized spacial score (nSPS) is 14.0. The zero-order valence-electron chi connectivity index (χ0n) is 17.4. The number of aromatic amines is 1. The van der Waals surface area contributed by atoms with E-state index in [0.29, 0.717) is 25.0 Å². The van der Waals surface area contributed by atoms with Gasteiger partial charge in [0.2, 0.25) is 11.6 Å². The predicted octanol–water partition coefficient (Wildman–Crippen LogP) is 2.05. The summed E-state index contributed by atoms with van der Waals surface area (Å²) in [6.07, 6.45) is 3.26. The molecule has 0 aliphatic carbocycles. The Labute approximate surface area is 181 Å². The number of nitrogens with zero attached hydrogens (tertiary/aromatic N) is 4. The highest BCUT2D eigenvalue weighted by Gasteiger charge is 2.28. The van der Waals surface area contributed by atoms with Gasteiger partial charge >= 0.3 is 11.4 Å². The van der Waals surface area contributed by atoms with E-state index in [1.54, 1.807) is 11.8 Å². The number of fused-ring (bicyclic) bond motifs is 1. The fourth-order valence-corrected chi connectivity index (χ4v) is 3.83. The molecule has 2 amide bonds. The van der Waals surface area contributed by atoms with Crippen LogP contribution in [0.5, 0.6) is 0 Å². The third-order valence-electron chi connectivity index (χ3n) is 5.49. The van der Waals surface area contributed by atoms with E-state index in [2.05, 4.69) is 15.5 Å². The molecular weight excluding hydrogens is 420 g/mol. The van der Waals surface area contributed by atoms with Gasteiger partial charge in [-0.25, -0.2) is 4.79 Å². The topological polar surface area (TPSA) is 156 Å². The molecule has 2 aromatic heterocycles. The van der Waals surface area contributed by atoms with Crippen LogP contribution in [0.1, 0.15) is 42.4 Å². The van der Waals surface area contributed by atoms with Gasteiger partial charge in [0.25, 0.3) is 5.91 Å². The molecule has 2 N–H and O–H groups in total. The number of hydrogen-bond donors (Lipinski definition) is 2.